The highest BCUT2D eigenvalue weighted by Crippen LogP contribution is 2.19. The van der Waals surface area contributed by atoms with Gasteiger partial charge in [0.15, 0.2) is 0 Å². The predicted octanol–water partition coefficient (Wildman–Crippen LogP) is 2.58. The van der Waals surface area contributed by atoms with Crippen LogP contribution in [0, 0.1) is 5.82 Å². The average Bonchev–Trinajstić information content (AvgIpc) is 2.59. The Labute approximate surface area is 140 Å². The van der Waals surface area contributed by atoms with E-state index in [2.05, 4.69) is 4.74 Å². The van der Waals surface area contributed by atoms with Crippen molar-refractivity contribution < 1.29 is 22.3 Å². The zero-order valence-electron chi connectivity index (χ0n) is 13.2. The van der Waals surface area contributed by atoms with Gasteiger partial charge in [-0.1, -0.05) is 36.4 Å². The summed E-state index contributed by atoms with van der Waals surface area (Å²) in [5.41, 5.74) is 0.766. The van der Waals surface area contributed by atoms with E-state index in [-0.39, 0.29) is 24.4 Å². The van der Waals surface area contributed by atoms with Crippen molar-refractivity contribution in [2.45, 2.75) is 17.9 Å². The van der Waals surface area contributed by atoms with E-state index in [1.807, 2.05) is 6.07 Å². The van der Waals surface area contributed by atoms with Crippen LogP contribution in [0.15, 0.2) is 59.5 Å². The first-order valence-corrected chi connectivity index (χ1v) is 8.74. The van der Waals surface area contributed by atoms with Crippen LogP contribution in [0.3, 0.4) is 0 Å². The molecule has 128 valence electrons. The van der Waals surface area contributed by atoms with E-state index in [1.165, 1.54) is 25.3 Å². The van der Waals surface area contributed by atoms with Crippen LogP contribution < -0.4 is 0 Å². The highest BCUT2D eigenvalue weighted by molar-refractivity contribution is 7.89. The zero-order chi connectivity index (χ0) is 17.6. The fourth-order valence-corrected chi connectivity index (χ4v) is 3.63. The topological polar surface area (TPSA) is 63.7 Å². The van der Waals surface area contributed by atoms with E-state index in [9.17, 15) is 17.6 Å². The lowest BCUT2D eigenvalue weighted by Crippen LogP contribution is -2.33. The Morgan fingerprint density at radius 1 is 1.12 bits per heavy atom. The zero-order valence-corrected chi connectivity index (χ0v) is 14.0. The molecule has 0 aliphatic rings. The summed E-state index contributed by atoms with van der Waals surface area (Å²) in [6.07, 6.45) is -0.0854. The monoisotopic (exact) mass is 351 g/mol. The summed E-state index contributed by atoms with van der Waals surface area (Å²) in [4.78, 5) is 11.2. The van der Waals surface area contributed by atoms with E-state index in [0.717, 1.165) is 15.9 Å². The van der Waals surface area contributed by atoms with E-state index < -0.39 is 21.8 Å². The molecule has 7 heteroatoms. The third-order valence-electron chi connectivity index (χ3n) is 3.43. The molecule has 0 aromatic heterocycles. The third kappa shape index (κ3) is 4.62. The van der Waals surface area contributed by atoms with Gasteiger partial charge in [0.1, 0.15) is 5.82 Å². The molecule has 0 atom stereocenters. The van der Waals surface area contributed by atoms with Crippen LogP contribution in [0.4, 0.5) is 4.39 Å². The maximum Gasteiger partial charge on any atom is 0.306 e. The number of rotatable bonds is 7. The molecule has 2 aromatic carbocycles. The van der Waals surface area contributed by atoms with Crippen molar-refractivity contribution >= 4 is 16.0 Å². The molecule has 0 bridgehead atoms. The highest BCUT2D eigenvalue weighted by atomic mass is 32.2. The maximum absolute atomic E-state index is 13.4. The van der Waals surface area contributed by atoms with E-state index >= 15 is 0 Å². The molecule has 0 heterocycles. The molecule has 2 rings (SSSR count). The molecule has 0 saturated carbocycles. The minimum atomic E-state index is -3.94. The fourth-order valence-electron chi connectivity index (χ4n) is 2.17. The van der Waals surface area contributed by atoms with Crippen LogP contribution >= 0.6 is 0 Å². The van der Waals surface area contributed by atoms with Crippen molar-refractivity contribution in [2.24, 2.45) is 0 Å². The van der Waals surface area contributed by atoms with Crippen molar-refractivity contribution in [3.05, 3.63) is 66.0 Å². The first kappa shape index (κ1) is 18.1. The molecular weight excluding hydrogens is 333 g/mol. The number of nitrogens with zero attached hydrogens (tertiary/aromatic N) is 1. The summed E-state index contributed by atoms with van der Waals surface area (Å²) >= 11 is 0. The molecule has 0 unspecified atom stereocenters. The van der Waals surface area contributed by atoms with Crippen molar-refractivity contribution in [1.29, 1.82) is 0 Å². The summed E-state index contributed by atoms with van der Waals surface area (Å²) in [7, 11) is -2.70. The molecule has 24 heavy (non-hydrogen) atoms. The number of ether oxygens (including phenoxy) is 1. The lowest BCUT2D eigenvalue weighted by molar-refractivity contribution is -0.140. The SMILES string of the molecule is COC(=O)CCN(Cc1ccccc1)S(=O)(=O)c1cccc(F)c1. The molecule has 0 fully saturated rings. The molecule has 0 amide bonds. The normalized spacial score (nSPS) is 11.5. The summed E-state index contributed by atoms with van der Waals surface area (Å²) in [6, 6.07) is 13.8. The average molecular weight is 351 g/mol. The Kier molecular flexibility index (Phi) is 6.05. The Bertz CT molecular complexity index is 793. The lowest BCUT2D eigenvalue weighted by Gasteiger charge is -2.22. The highest BCUT2D eigenvalue weighted by Gasteiger charge is 2.25. The molecule has 0 radical (unpaired) electrons. The van der Waals surface area contributed by atoms with Gasteiger partial charge in [-0.15, -0.1) is 0 Å². The van der Waals surface area contributed by atoms with Gasteiger partial charge in [-0.05, 0) is 23.8 Å². The van der Waals surface area contributed by atoms with Gasteiger partial charge in [-0.2, -0.15) is 4.31 Å². The Hall–Kier alpha value is -2.25. The van der Waals surface area contributed by atoms with Gasteiger partial charge >= 0.3 is 5.97 Å². The smallest absolute Gasteiger partial charge is 0.306 e. The van der Waals surface area contributed by atoms with E-state index in [4.69, 9.17) is 0 Å². The summed E-state index contributed by atoms with van der Waals surface area (Å²) in [5, 5.41) is 0. The minimum absolute atomic E-state index is 0.0551. The Morgan fingerprint density at radius 2 is 1.83 bits per heavy atom. The van der Waals surface area contributed by atoms with Crippen molar-refractivity contribution in [1.82, 2.24) is 4.31 Å². The Balaban J connectivity index is 2.31. The molecule has 5 nitrogen and oxygen atoms in total. The lowest BCUT2D eigenvalue weighted by atomic mass is 10.2. The van der Waals surface area contributed by atoms with Gasteiger partial charge in [-0.25, -0.2) is 12.8 Å². The number of esters is 1. The summed E-state index contributed by atoms with van der Waals surface area (Å²) < 4.78 is 44.7. The van der Waals surface area contributed by atoms with Crippen LogP contribution in [0.1, 0.15) is 12.0 Å². The number of halogens is 1. The van der Waals surface area contributed by atoms with Crippen LogP contribution in [0.2, 0.25) is 0 Å². The first-order chi connectivity index (χ1) is 11.4. The van der Waals surface area contributed by atoms with Gasteiger partial charge in [0, 0.05) is 13.1 Å². The standard InChI is InChI=1S/C17H18FNO4S/c1-23-17(20)10-11-19(13-14-6-3-2-4-7-14)24(21,22)16-9-5-8-15(18)12-16/h2-9,12H,10-11,13H2,1H3. The van der Waals surface area contributed by atoms with Crippen LogP contribution in [-0.4, -0.2) is 32.3 Å². The van der Waals surface area contributed by atoms with Gasteiger partial charge < -0.3 is 4.74 Å². The summed E-state index contributed by atoms with van der Waals surface area (Å²) in [5.74, 6) is -1.15. The second-order valence-corrected chi connectivity index (χ2v) is 7.05. The number of hydrogen-bond donors (Lipinski definition) is 0. The minimum Gasteiger partial charge on any atom is -0.469 e. The molecule has 0 spiro atoms. The van der Waals surface area contributed by atoms with Crippen molar-refractivity contribution in [3.8, 4) is 0 Å². The number of carbonyl (C=O) groups excluding carboxylic acids is 1. The Morgan fingerprint density at radius 3 is 2.46 bits per heavy atom. The van der Waals surface area contributed by atoms with Crippen LogP contribution in [-0.2, 0) is 26.1 Å². The molecule has 2 aromatic rings. The number of sulfonamides is 1. The first-order valence-electron chi connectivity index (χ1n) is 7.30. The molecule has 0 aliphatic heterocycles. The number of benzene rings is 2. The van der Waals surface area contributed by atoms with E-state index in [0.29, 0.717) is 0 Å². The fraction of sp³-hybridized carbons (Fsp3) is 0.235. The van der Waals surface area contributed by atoms with Crippen molar-refractivity contribution in [3.63, 3.8) is 0 Å². The molecule has 0 N–H and O–H groups in total. The number of methoxy groups -OCH3 is 1. The molecule has 0 aliphatic carbocycles. The second-order valence-electron chi connectivity index (χ2n) is 5.11. The number of hydrogen-bond acceptors (Lipinski definition) is 4. The molecule has 0 saturated heterocycles. The second kappa shape index (κ2) is 8.03. The van der Waals surface area contributed by atoms with E-state index in [1.54, 1.807) is 24.3 Å². The number of carbonyl (C=O) groups is 1. The van der Waals surface area contributed by atoms with Gasteiger partial charge in [0.2, 0.25) is 10.0 Å². The van der Waals surface area contributed by atoms with Gasteiger partial charge in [-0.3, -0.25) is 4.79 Å². The van der Waals surface area contributed by atoms with Gasteiger partial charge in [0.05, 0.1) is 18.4 Å². The molecular formula is C17H18FNO4S. The largest absolute Gasteiger partial charge is 0.469 e. The van der Waals surface area contributed by atoms with Crippen LogP contribution in [0.25, 0.3) is 0 Å². The van der Waals surface area contributed by atoms with Crippen LogP contribution in [0.5, 0.6) is 0 Å². The maximum atomic E-state index is 13.4. The third-order valence-corrected chi connectivity index (χ3v) is 5.27. The van der Waals surface area contributed by atoms with Crippen molar-refractivity contribution in [2.75, 3.05) is 13.7 Å². The van der Waals surface area contributed by atoms with Gasteiger partial charge in [0.25, 0.3) is 0 Å². The quantitative estimate of drug-likeness (QED) is 0.719. The summed E-state index contributed by atoms with van der Waals surface area (Å²) in [6.45, 7) is 0.0249. The predicted molar refractivity (Wildman–Crippen MR) is 87.1 cm³/mol.